The Labute approximate surface area is 223 Å². The summed E-state index contributed by atoms with van der Waals surface area (Å²) in [6.45, 7) is 5.87. The van der Waals surface area contributed by atoms with Gasteiger partial charge >= 0.3 is 6.09 Å². The number of halogens is 1. The summed E-state index contributed by atoms with van der Waals surface area (Å²) in [5.41, 5.74) is 2.20. The highest BCUT2D eigenvalue weighted by Crippen LogP contribution is 2.38. The first-order chi connectivity index (χ1) is 17.9. The lowest BCUT2D eigenvalue weighted by Gasteiger charge is -2.47. The largest absolute Gasteiger partial charge is 0.444 e. The molecule has 0 unspecified atom stereocenters. The number of amides is 2. The van der Waals surface area contributed by atoms with E-state index in [1.807, 2.05) is 24.3 Å². The van der Waals surface area contributed by atoms with Gasteiger partial charge in [-0.1, -0.05) is 36.4 Å². The van der Waals surface area contributed by atoms with Crippen LogP contribution in [0, 0.1) is 10.6 Å². The minimum absolute atomic E-state index is 0.0466. The number of carbonyl (C=O) groups excluding carboxylic acids is 2. The molecule has 0 saturated carbocycles. The summed E-state index contributed by atoms with van der Waals surface area (Å²) in [5.74, 6) is -0.542. The molecule has 0 spiro atoms. The summed E-state index contributed by atoms with van der Waals surface area (Å²) in [5, 5.41) is -0.692. The van der Waals surface area contributed by atoms with Crippen molar-refractivity contribution in [3.05, 3.63) is 71.0 Å². The van der Waals surface area contributed by atoms with Crippen LogP contribution in [0.25, 0.3) is 0 Å². The minimum atomic E-state index is -3.00. The van der Waals surface area contributed by atoms with Crippen LogP contribution in [0.1, 0.15) is 49.9 Å². The van der Waals surface area contributed by atoms with E-state index in [0.717, 1.165) is 16.7 Å². The molecule has 0 bridgehead atoms. The van der Waals surface area contributed by atoms with Gasteiger partial charge in [-0.25, -0.2) is 13.4 Å². The van der Waals surface area contributed by atoms with E-state index in [-0.39, 0.29) is 37.0 Å². The Bertz CT molecular complexity index is 1320. The fourth-order valence-corrected chi connectivity index (χ4v) is 7.55. The number of carbonyl (C=O) groups is 2. The molecular formula is C28H34FN3O5S. The maximum atomic E-state index is 14.0. The lowest BCUT2D eigenvalue weighted by molar-refractivity contribution is -0.151. The zero-order chi connectivity index (χ0) is 27.2. The van der Waals surface area contributed by atoms with Gasteiger partial charge in [0.25, 0.3) is 5.91 Å². The molecule has 2 saturated heterocycles. The monoisotopic (exact) mass is 543 g/mol. The van der Waals surface area contributed by atoms with Gasteiger partial charge in [0.15, 0.2) is 0 Å². The molecule has 1 N–H and O–H groups in total. The Kier molecular flexibility index (Phi) is 6.98. The second-order valence-corrected chi connectivity index (χ2v) is 13.7. The molecule has 5 rings (SSSR count). The second kappa shape index (κ2) is 9.96. The van der Waals surface area contributed by atoms with Crippen molar-refractivity contribution in [2.45, 2.75) is 62.7 Å². The van der Waals surface area contributed by atoms with E-state index in [2.05, 4.69) is 0 Å². The highest BCUT2D eigenvalue weighted by atomic mass is 32.2. The molecule has 2 amide bonds. The Balaban J connectivity index is 1.44. The summed E-state index contributed by atoms with van der Waals surface area (Å²) in [7, 11) is -3.00. The van der Waals surface area contributed by atoms with Crippen LogP contribution in [0.15, 0.2) is 48.5 Å². The number of rotatable bonds is 2. The van der Waals surface area contributed by atoms with Gasteiger partial charge < -0.3 is 19.3 Å². The molecule has 3 aliphatic heterocycles. The summed E-state index contributed by atoms with van der Waals surface area (Å²) < 4.78 is 46.8. The molecule has 5 atom stereocenters. The smallest absolute Gasteiger partial charge is 0.410 e. The van der Waals surface area contributed by atoms with E-state index in [1.165, 1.54) is 17.0 Å². The molecule has 3 heterocycles. The summed E-state index contributed by atoms with van der Waals surface area (Å²) in [6, 6.07) is 13.1. The molecule has 0 aromatic heterocycles. The Morgan fingerprint density at radius 2 is 1.79 bits per heavy atom. The van der Waals surface area contributed by atoms with Gasteiger partial charge in [0.05, 0.1) is 33.7 Å². The molecule has 0 aliphatic carbocycles. The average molecular weight is 544 g/mol. The number of nitrogens with one attached hydrogen (secondary N) is 1. The topological polar surface area (TPSA) is 100 Å². The number of benzene rings is 2. The van der Waals surface area contributed by atoms with Crippen molar-refractivity contribution in [3.8, 4) is 0 Å². The van der Waals surface area contributed by atoms with E-state index in [4.69, 9.17) is 14.3 Å². The van der Waals surface area contributed by atoms with Crippen LogP contribution < -0.4 is 0 Å². The predicted molar refractivity (Wildman–Crippen MR) is 141 cm³/mol. The average Bonchev–Trinajstić information content (AvgIpc) is 2.87. The molecule has 204 valence electrons. The lowest BCUT2D eigenvalue weighted by Crippen LogP contribution is -2.63. The third kappa shape index (κ3) is 5.16. The van der Waals surface area contributed by atoms with Crippen molar-refractivity contribution >= 4 is 21.7 Å². The van der Waals surface area contributed by atoms with E-state index in [1.54, 1.807) is 37.8 Å². The van der Waals surface area contributed by atoms with Gasteiger partial charge in [-0.3, -0.25) is 9.57 Å². The summed E-state index contributed by atoms with van der Waals surface area (Å²) in [4.78, 5) is 30.4. The molecule has 2 aromatic rings. The van der Waals surface area contributed by atoms with Crippen molar-refractivity contribution in [3.63, 3.8) is 0 Å². The number of ether oxygens (including phenoxy) is 2. The van der Waals surface area contributed by atoms with Crippen molar-refractivity contribution in [2.24, 2.45) is 0 Å². The highest BCUT2D eigenvalue weighted by molar-refractivity contribution is 7.93. The van der Waals surface area contributed by atoms with Crippen molar-refractivity contribution in [2.75, 3.05) is 25.4 Å². The van der Waals surface area contributed by atoms with Crippen LogP contribution in [-0.4, -0.2) is 74.5 Å². The quantitative estimate of drug-likeness (QED) is 0.614. The van der Waals surface area contributed by atoms with Crippen molar-refractivity contribution in [1.29, 1.82) is 4.78 Å². The lowest BCUT2D eigenvalue weighted by atomic mass is 9.87. The predicted octanol–water partition coefficient (Wildman–Crippen LogP) is 4.12. The van der Waals surface area contributed by atoms with Gasteiger partial charge in [0.2, 0.25) is 0 Å². The third-order valence-corrected chi connectivity index (χ3v) is 9.74. The van der Waals surface area contributed by atoms with Gasteiger partial charge in [0.1, 0.15) is 17.5 Å². The first-order valence-electron chi connectivity index (χ1n) is 12.9. The third-order valence-electron chi connectivity index (χ3n) is 7.53. The number of fused-ring (bicyclic) bond motifs is 2. The Morgan fingerprint density at radius 1 is 1.08 bits per heavy atom. The molecule has 2 fully saturated rings. The van der Waals surface area contributed by atoms with E-state index < -0.39 is 44.9 Å². The van der Waals surface area contributed by atoms with Crippen molar-refractivity contribution in [1.82, 2.24) is 9.80 Å². The number of nitrogens with zero attached hydrogens (tertiary/aromatic N) is 2. The van der Waals surface area contributed by atoms with Gasteiger partial charge in [0, 0.05) is 25.3 Å². The van der Waals surface area contributed by atoms with Crippen LogP contribution >= 0.6 is 0 Å². The first kappa shape index (κ1) is 26.6. The molecule has 38 heavy (non-hydrogen) atoms. The van der Waals surface area contributed by atoms with Gasteiger partial charge in [-0.2, -0.15) is 0 Å². The number of hydrogen-bond donors (Lipinski definition) is 1. The fraction of sp³-hybridized carbons (Fsp3) is 0.500. The molecule has 0 radical (unpaired) electrons. The molecular weight excluding hydrogens is 509 g/mol. The fourth-order valence-electron chi connectivity index (χ4n) is 5.72. The van der Waals surface area contributed by atoms with Crippen LogP contribution in [0.5, 0.6) is 0 Å². The van der Waals surface area contributed by atoms with Crippen LogP contribution in [-0.2, 0) is 30.4 Å². The molecule has 10 heteroatoms. The Morgan fingerprint density at radius 3 is 2.50 bits per heavy atom. The van der Waals surface area contributed by atoms with Crippen molar-refractivity contribution < 1.29 is 27.7 Å². The zero-order valence-electron chi connectivity index (χ0n) is 21.9. The molecule has 3 aliphatic rings. The van der Waals surface area contributed by atoms with E-state index >= 15 is 0 Å². The van der Waals surface area contributed by atoms with E-state index in [9.17, 15) is 18.2 Å². The first-order valence-corrected chi connectivity index (χ1v) is 14.7. The summed E-state index contributed by atoms with van der Waals surface area (Å²) >= 11 is 0. The van der Waals surface area contributed by atoms with Gasteiger partial charge in [-0.15, -0.1) is 0 Å². The second-order valence-electron chi connectivity index (χ2n) is 11.2. The SMILES string of the molecule is CC(C)(C)OC(=O)N1CC[S@](=N)(=O)[C@H]2CO[C@@H](C(=O)N3CCc4ccccc4[C@@H]3c3ccc(F)cc3)C[C@@H]21. The molecule has 8 nitrogen and oxygen atoms in total. The van der Waals surface area contributed by atoms with Crippen LogP contribution in [0.3, 0.4) is 0 Å². The van der Waals surface area contributed by atoms with E-state index in [0.29, 0.717) is 13.0 Å². The standard InChI is InChI=1S/C28H34FN3O5S/c1-28(2,3)37-27(34)31-14-15-38(30,35)24-17-36-23(16-22(24)31)26(33)32-13-12-18-6-4-5-7-21(18)25(32)19-8-10-20(29)11-9-19/h4-11,22-25,30H,12-17H2,1-3H3/t22-,23+,24-,25-,38-/m0/s1. The zero-order valence-corrected chi connectivity index (χ0v) is 22.7. The summed E-state index contributed by atoms with van der Waals surface area (Å²) in [6.07, 6.45) is -0.607. The maximum Gasteiger partial charge on any atom is 0.410 e. The minimum Gasteiger partial charge on any atom is -0.444 e. The van der Waals surface area contributed by atoms with Crippen LogP contribution in [0.2, 0.25) is 0 Å². The maximum absolute atomic E-state index is 14.0. The normalized spacial score (nSPS) is 29.3. The van der Waals surface area contributed by atoms with Gasteiger partial charge in [-0.05, 0) is 56.0 Å². The highest BCUT2D eigenvalue weighted by Gasteiger charge is 2.49. The Hall–Kier alpha value is -2.98. The number of hydrogen-bond acceptors (Lipinski definition) is 6. The molecule has 2 aromatic carbocycles. The van der Waals surface area contributed by atoms with Crippen LogP contribution in [0.4, 0.5) is 9.18 Å².